The van der Waals surface area contributed by atoms with Gasteiger partial charge in [-0.2, -0.15) is 0 Å². The maximum atomic E-state index is 14.9. The molecule has 6 atom stereocenters. The first-order valence-electron chi connectivity index (χ1n) is 14.6. The molecule has 7 nitrogen and oxygen atoms in total. The largest absolute Gasteiger partial charge is 0.465 e. The molecule has 2 unspecified atom stereocenters. The molecule has 0 radical (unpaired) electrons. The van der Waals surface area contributed by atoms with Crippen molar-refractivity contribution in [2.45, 2.75) is 81.4 Å². The molecule has 224 valence electrons. The minimum atomic E-state index is -0.878. The first kappa shape index (κ1) is 31.6. The maximum Gasteiger partial charge on any atom is 0.311 e. The fourth-order valence-electron chi connectivity index (χ4n) is 7.24. The zero-order valence-electron chi connectivity index (χ0n) is 24.6. The molecule has 2 bridgehead atoms. The number of benzene rings is 1. The SMILES string of the molecule is C=CCCCOC(=O)[C@@H]1[C@H]2C(=O)N([C@@H](CO)CC(C)C)C(C(=O)N(CC=C)c3c(C)cccc3Cl)C23CC[C@@]1(C)S3. The molecule has 1 aromatic carbocycles. The Morgan fingerprint density at radius 2 is 2.02 bits per heavy atom. The van der Waals surface area contributed by atoms with Crippen LogP contribution < -0.4 is 4.90 Å². The van der Waals surface area contributed by atoms with Gasteiger partial charge >= 0.3 is 5.97 Å². The number of anilines is 1. The number of hydrogen-bond donors (Lipinski definition) is 1. The van der Waals surface area contributed by atoms with Crippen molar-refractivity contribution in [1.82, 2.24) is 4.90 Å². The number of aliphatic hydroxyl groups is 1. The lowest BCUT2D eigenvalue weighted by Crippen LogP contribution is -2.58. The van der Waals surface area contributed by atoms with E-state index in [2.05, 4.69) is 13.2 Å². The Bertz CT molecular complexity index is 1190. The lowest BCUT2D eigenvalue weighted by atomic mass is 9.66. The standard InChI is InChI=1S/C32H43ClN2O5S/c1-7-9-10-17-40-30(39)25-24-28(37)35(22(19-36)18-20(3)4)27(32(24)15-14-31(25,6)41-32)29(38)34(16-8-2)26-21(5)12-11-13-23(26)33/h7-8,11-13,20,22,24-25,27,36H,1-2,9-10,14-19H2,3-6H3/t22-,24+,25+,27?,31-,32?/m1/s1. The van der Waals surface area contributed by atoms with Crippen molar-refractivity contribution in [3.05, 3.63) is 54.1 Å². The van der Waals surface area contributed by atoms with Crippen LogP contribution >= 0.6 is 23.4 Å². The highest BCUT2D eigenvalue weighted by Gasteiger charge is 2.78. The minimum Gasteiger partial charge on any atom is -0.465 e. The summed E-state index contributed by atoms with van der Waals surface area (Å²) < 4.78 is 4.36. The van der Waals surface area contributed by atoms with Gasteiger partial charge in [0.15, 0.2) is 0 Å². The molecule has 1 aromatic rings. The van der Waals surface area contributed by atoms with Crippen LogP contribution in [0.5, 0.6) is 0 Å². The predicted octanol–water partition coefficient (Wildman–Crippen LogP) is 5.57. The number of ether oxygens (including phenoxy) is 1. The van der Waals surface area contributed by atoms with E-state index in [0.717, 1.165) is 12.0 Å². The molecule has 0 saturated carbocycles. The molecule has 3 aliphatic rings. The number of carbonyl (C=O) groups is 3. The number of aryl methyl sites for hydroxylation is 1. The number of rotatable bonds is 13. The van der Waals surface area contributed by atoms with E-state index in [1.54, 1.807) is 39.8 Å². The molecule has 3 heterocycles. The van der Waals surface area contributed by atoms with Crippen LogP contribution in [-0.4, -0.2) is 69.1 Å². The third-order valence-corrected chi connectivity index (χ3v) is 11.2. The van der Waals surface area contributed by atoms with E-state index >= 15 is 0 Å². The van der Waals surface area contributed by atoms with Gasteiger partial charge in [-0.05, 0) is 63.5 Å². The van der Waals surface area contributed by atoms with Gasteiger partial charge in [-0.15, -0.1) is 24.9 Å². The van der Waals surface area contributed by atoms with Crippen molar-refractivity contribution in [3.63, 3.8) is 0 Å². The van der Waals surface area contributed by atoms with Crippen molar-refractivity contribution in [2.75, 3.05) is 24.7 Å². The summed E-state index contributed by atoms with van der Waals surface area (Å²) in [6, 6.07) is 4.04. The number of para-hydroxylation sites is 1. The summed E-state index contributed by atoms with van der Waals surface area (Å²) in [4.78, 5) is 46.2. The van der Waals surface area contributed by atoms with Crippen molar-refractivity contribution >= 4 is 46.8 Å². The van der Waals surface area contributed by atoms with Crippen LogP contribution in [0.2, 0.25) is 5.02 Å². The topological polar surface area (TPSA) is 87.1 Å². The molecular weight excluding hydrogens is 560 g/mol. The van der Waals surface area contributed by atoms with Gasteiger partial charge in [0.05, 0.1) is 46.5 Å². The van der Waals surface area contributed by atoms with Crippen molar-refractivity contribution in [3.8, 4) is 0 Å². The van der Waals surface area contributed by atoms with Gasteiger partial charge in [0, 0.05) is 11.3 Å². The van der Waals surface area contributed by atoms with E-state index in [1.165, 1.54) is 0 Å². The summed E-state index contributed by atoms with van der Waals surface area (Å²) in [5, 5.41) is 11.0. The Balaban J connectivity index is 1.82. The average Bonchev–Trinajstić information content (AvgIpc) is 3.49. The van der Waals surface area contributed by atoms with Crippen LogP contribution in [0.4, 0.5) is 5.69 Å². The highest BCUT2D eigenvalue weighted by atomic mass is 35.5. The minimum absolute atomic E-state index is 0.177. The zero-order valence-corrected chi connectivity index (χ0v) is 26.2. The molecule has 1 N–H and O–H groups in total. The molecule has 3 aliphatic heterocycles. The number of aliphatic hydroxyl groups excluding tert-OH is 1. The lowest BCUT2D eigenvalue weighted by molar-refractivity contribution is -0.156. The van der Waals surface area contributed by atoms with E-state index in [0.29, 0.717) is 36.4 Å². The van der Waals surface area contributed by atoms with Gasteiger partial charge in [0.25, 0.3) is 5.91 Å². The molecule has 0 aromatic heterocycles. The number of thioether (sulfide) groups is 1. The summed E-state index contributed by atoms with van der Waals surface area (Å²) in [5.74, 6) is -2.11. The number of carbonyl (C=O) groups excluding carboxylic acids is 3. The molecule has 2 amide bonds. The van der Waals surface area contributed by atoms with Gasteiger partial charge in [-0.25, -0.2) is 0 Å². The van der Waals surface area contributed by atoms with Crippen LogP contribution in [-0.2, 0) is 19.1 Å². The van der Waals surface area contributed by atoms with Gasteiger partial charge in [-0.3, -0.25) is 14.4 Å². The Kier molecular flexibility index (Phi) is 9.66. The molecule has 9 heteroatoms. The van der Waals surface area contributed by atoms with Crippen molar-refractivity contribution < 1.29 is 24.2 Å². The number of fused-ring (bicyclic) bond motifs is 1. The van der Waals surface area contributed by atoms with E-state index in [-0.39, 0.29) is 43.5 Å². The molecule has 4 rings (SSSR count). The normalized spacial score (nSPS) is 29.0. The third kappa shape index (κ3) is 5.48. The fraction of sp³-hybridized carbons (Fsp3) is 0.594. The monoisotopic (exact) mass is 602 g/mol. The number of amides is 2. The molecule has 3 saturated heterocycles. The fourth-order valence-corrected chi connectivity index (χ4v) is 9.89. The summed E-state index contributed by atoms with van der Waals surface area (Å²) in [7, 11) is 0. The van der Waals surface area contributed by atoms with Crippen LogP contribution in [0.3, 0.4) is 0 Å². The molecule has 3 fully saturated rings. The molecule has 41 heavy (non-hydrogen) atoms. The van der Waals surface area contributed by atoms with E-state index in [4.69, 9.17) is 16.3 Å². The molecular formula is C32H43ClN2O5S. The number of likely N-dealkylation sites (tertiary alicyclic amines) is 1. The first-order valence-corrected chi connectivity index (χ1v) is 15.7. The number of allylic oxidation sites excluding steroid dienone is 1. The number of unbranched alkanes of at least 4 members (excludes halogenated alkanes) is 1. The Morgan fingerprint density at radius 3 is 2.63 bits per heavy atom. The van der Waals surface area contributed by atoms with Crippen LogP contribution in [0.25, 0.3) is 0 Å². The van der Waals surface area contributed by atoms with Crippen molar-refractivity contribution in [1.29, 1.82) is 0 Å². The zero-order chi connectivity index (χ0) is 30.1. The van der Waals surface area contributed by atoms with Crippen molar-refractivity contribution in [2.24, 2.45) is 17.8 Å². The van der Waals surface area contributed by atoms with Crippen LogP contribution in [0.1, 0.15) is 58.4 Å². The Morgan fingerprint density at radius 1 is 1.29 bits per heavy atom. The average molecular weight is 603 g/mol. The second kappa shape index (κ2) is 12.5. The summed E-state index contributed by atoms with van der Waals surface area (Å²) in [6.45, 7) is 15.8. The summed E-state index contributed by atoms with van der Waals surface area (Å²) in [5.41, 5.74) is 1.41. The Hall–Kier alpha value is -2.29. The number of hydrogen-bond acceptors (Lipinski definition) is 6. The van der Waals surface area contributed by atoms with Crippen LogP contribution in [0, 0.1) is 24.7 Å². The smallest absolute Gasteiger partial charge is 0.311 e. The first-order chi connectivity index (χ1) is 19.5. The van der Waals surface area contributed by atoms with E-state index in [1.807, 2.05) is 39.8 Å². The van der Waals surface area contributed by atoms with Gasteiger partial charge in [0.1, 0.15) is 6.04 Å². The number of esters is 1. The molecule has 0 aliphatic carbocycles. The Labute approximate surface area is 253 Å². The van der Waals surface area contributed by atoms with E-state index in [9.17, 15) is 19.5 Å². The van der Waals surface area contributed by atoms with E-state index < -0.39 is 33.4 Å². The highest BCUT2D eigenvalue weighted by Crippen LogP contribution is 2.72. The predicted molar refractivity (Wildman–Crippen MR) is 165 cm³/mol. The quantitative estimate of drug-likeness (QED) is 0.181. The van der Waals surface area contributed by atoms with Gasteiger partial charge in [-0.1, -0.05) is 49.7 Å². The number of halogens is 1. The van der Waals surface area contributed by atoms with Gasteiger partial charge in [0.2, 0.25) is 5.91 Å². The third-order valence-electron chi connectivity index (χ3n) is 8.88. The van der Waals surface area contributed by atoms with Gasteiger partial charge < -0.3 is 19.6 Å². The maximum absolute atomic E-state index is 14.9. The number of nitrogens with zero attached hydrogens (tertiary/aromatic N) is 2. The van der Waals surface area contributed by atoms with Crippen LogP contribution in [0.15, 0.2) is 43.5 Å². The second-order valence-electron chi connectivity index (χ2n) is 12.2. The summed E-state index contributed by atoms with van der Waals surface area (Å²) >= 11 is 8.25. The lowest BCUT2D eigenvalue weighted by Gasteiger charge is -2.40. The highest BCUT2D eigenvalue weighted by molar-refractivity contribution is 8.02. The summed E-state index contributed by atoms with van der Waals surface area (Å²) in [6.07, 6.45) is 6.66. The molecule has 1 spiro atoms. The second-order valence-corrected chi connectivity index (χ2v) is 14.5.